The maximum atomic E-state index is 10.1. The Morgan fingerprint density at radius 1 is 1.08 bits per heavy atom. The average Bonchev–Trinajstić information content (AvgIpc) is 2.92. The predicted octanol–water partition coefficient (Wildman–Crippen LogP) is 4.70. The normalized spacial score (nSPS) is 48.1. The molecule has 0 radical (unpaired) electrons. The van der Waals surface area contributed by atoms with Crippen molar-refractivity contribution in [2.24, 2.45) is 33.7 Å². The van der Waals surface area contributed by atoms with Crippen LogP contribution in [0.4, 0.5) is 0 Å². The molecular formula is C21H31NO2. The smallest absolute Gasteiger partial charge is 0.0799 e. The number of nitrogens with zero attached hydrogens (tertiary/aromatic N) is 1. The van der Waals surface area contributed by atoms with Crippen LogP contribution in [-0.2, 0) is 0 Å². The zero-order chi connectivity index (χ0) is 17.1. The first-order valence-corrected chi connectivity index (χ1v) is 9.67. The van der Waals surface area contributed by atoms with Gasteiger partial charge in [0, 0.05) is 0 Å². The van der Waals surface area contributed by atoms with E-state index in [0.29, 0.717) is 11.3 Å². The molecule has 2 fully saturated rings. The molecule has 0 amide bonds. The quantitative estimate of drug-likeness (QED) is 0.317. The molecular weight excluding hydrogens is 298 g/mol. The van der Waals surface area contributed by atoms with Gasteiger partial charge < -0.3 is 10.3 Å². The number of oxime groups is 1. The molecule has 6 atom stereocenters. The van der Waals surface area contributed by atoms with E-state index in [1.165, 1.54) is 30.4 Å². The van der Waals surface area contributed by atoms with E-state index in [-0.39, 0.29) is 11.5 Å². The number of rotatable bonds is 1. The van der Waals surface area contributed by atoms with Crippen molar-refractivity contribution >= 4 is 5.71 Å². The molecule has 0 bridgehead atoms. The Bertz CT molecular complexity index is 634. The number of allylic oxidation sites excluding steroid dienone is 3. The Morgan fingerprint density at radius 3 is 2.58 bits per heavy atom. The summed E-state index contributed by atoms with van der Waals surface area (Å²) in [7, 11) is 0. The Hall–Kier alpha value is -1.09. The van der Waals surface area contributed by atoms with E-state index in [9.17, 15) is 10.3 Å². The van der Waals surface area contributed by atoms with Crippen molar-refractivity contribution in [1.29, 1.82) is 0 Å². The minimum atomic E-state index is -0.127. The molecule has 3 nitrogen and oxygen atoms in total. The summed E-state index contributed by atoms with van der Waals surface area (Å²) in [6, 6.07) is 0. The zero-order valence-corrected chi connectivity index (χ0v) is 15.3. The second kappa shape index (κ2) is 5.45. The van der Waals surface area contributed by atoms with Crippen LogP contribution in [0.1, 0.15) is 65.7 Å². The summed E-state index contributed by atoms with van der Waals surface area (Å²) in [6.07, 6.45) is 12.4. The minimum Gasteiger partial charge on any atom is -0.411 e. The maximum Gasteiger partial charge on any atom is 0.0799 e. The molecule has 0 aromatic rings. The van der Waals surface area contributed by atoms with Gasteiger partial charge in [0.05, 0.1) is 11.8 Å². The molecule has 0 aromatic carbocycles. The summed E-state index contributed by atoms with van der Waals surface area (Å²) in [5.74, 6) is 2.15. The van der Waals surface area contributed by atoms with E-state index in [1.54, 1.807) is 0 Å². The molecule has 4 aliphatic carbocycles. The molecule has 4 rings (SSSR count). The van der Waals surface area contributed by atoms with E-state index in [0.717, 1.165) is 43.2 Å². The third-order valence-corrected chi connectivity index (χ3v) is 8.20. The van der Waals surface area contributed by atoms with Crippen LogP contribution in [0.3, 0.4) is 0 Å². The lowest BCUT2D eigenvalue weighted by molar-refractivity contribution is -0.0280. The summed E-state index contributed by atoms with van der Waals surface area (Å²) in [5.41, 5.74) is 4.09. The Kier molecular flexibility index (Phi) is 3.72. The first-order valence-electron chi connectivity index (χ1n) is 9.67. The van der Waals surface area contributed by atoms with E-state index >= 15 is 0 Å². The molecule has 2 saturated carbocycles. The minimum absolute atomic E-state index is 0.127. The van der Waals surface area contributed by atoms with Crippen LogP contribution < -0.4 is 0 Å². The van der Waals surface area contributed by atoms with Crippen molar-refractivity contribution in [1.82, 2.24) is 0 Å². The van der Waals surface area contributed by atoms with Gasteiger partial charge in [-0.25, -0.2) is 0 Å². The molecule has 0 aromatic heterocycles. The summed E-state index contributed by atoms with van der Waals surface area (Å²) >= 11 is 0. The van der Waals surface area contributed by atoms with Crippen LogP contribution in [0.2, 0.25) is 0 Å². The average molecular weight is 329 g/mol. The Balaban J connectivity index is 1.66. The number of hydrogen-bond acceptors (Lipinski definition) is 3. The predicted molar refractivity (Wildman–Crippen MR) is 96.1 cm³/mol. The lowest BCUT2D eigenvalue weighted by Gasteiger charge is -2.57. The van der Waals surface area contributed by atoms with Crippen LogP contribution in [0, 0.1) is 28.6 Å². The van der Waals surface area contributed by atoms with Gasteiger partial charge in [0.15, 0.2) is 0 Å². The number of hydrogen-bond donors (Lipinski definition) is 2. The lowest BCUT2D eigenvalue weighted by Crippen LogP contribution is -2.50. The Morgan fingerprint density at radius 2 is 1.83 bits per heavy atom. The van der Waals surface area contributed by atoms with Crippen LogP contribution in [0.5, 0.6) is 0 Å². The summed E-state index contributed by atoms with van der Waals surface area (Å²) in [5, 5.41) is 22.9. The highest BCUT2D eigenvalue weighted by Gasteiger charge is 2.56. The number of aliphatic hydroxyl groups excluding tert-OH is 1. The van der Waals surface area contributed by atoms with E-state index in [4.69, 9.17) is 0 Å². The summed E-state index contributed by atoms with van der Waals surface area (Å²) < 4.78 is 0. The second-order valence-electron chi connectivity index (χ2n) is 9.15. The highest BCUT2D eigenvalue weighted by atomic mass is 16.4. The van der Waals surface area contributed by atoms with Gasteiger partial charge in [-0.05, 0) is 86.0 Å². The first kappa shape index (κ1) is 16.4. The highest BCUT2D eigenvalue weighted by molar-refractivity contribution is 5.99. The van der Waals surface area contributed by atoms with Crippen molar-refractivity contribution in [3.63, 3.8) is 0 Å². The Labute approximate surface area is 145 Å². The van der Waals surface area contributed by atoms with Crippen molar-refractivity contribution < 1.29 is 10.3 Å². The topological polar surface area (TPSA) is 52.8 Å². The van der Waals surface area contributed by atoms with Crippen LogP contribution in [0.25, 0.3) is 0 Å². The van der Waals surface area contributed by atoms with Gasteiger partial charge in [0.2, 0.25) is 0 Å². The molecule has 4 aliphatic rings. The fourth-order valence-electron chi connectivity index (χ4n) is 6.82. The van der Waals surface area contributed by atoms with Crippen LogP contribution >= 0.6 is 0 Å². The fourth-order valence-corrected chi connectivity index (χ4v) is 6.82. The molecule has 3 heteroatoms. The standard InChI is InChI=1S/C21H31NO2/c1-13(22-24)17-6-7-18-16-5-4-14-12-15(23)8-10-20(14,2)19(16)9-11-21(17,18)3/h4,6,15-16,18-19,23-24H,5,7-12H2,1-3H3/b22-13-/t15-,16?,18?,19?,20-,21+/m0/s1. The third kappa shape index (κ3) is 2.09. The second-order valence-corrected chi connectivity index (χ2v) is 9.15. The highest BCUT2D eigenvalue weighted by Crippen LogP contribution is 2.65. The molecule has 0 spiro atoms. The first-order chi connectivity index (χ1) is 11.4. The van der Waals surface area contributed by atoms with Crippen LogP contribution in [0.15, 0.2) is 28.5 Å². The number of fused-ring (bicyclic) bond motifs is 5. The van der Waals surface area contributed by atoms with Gasteiger partial charge in [0.25, 0.3) is 0 Å². The number of aliphatic hydroxyl groups is 1. The molecule has 0 aliphatic heterocycles. The van der Waals surface area contributed by atoms with Gasteiger partial charge in [-0.15, -0.1) is 0 Å². The van der Waals surface area contributed by atoms with Crippen molar-refractivity contribution in [2.75, 3.05) is 0 Å². The molecule has 0 saturated heterocycles. The van der Waals surface area contributed by atoms with Crippen molar-refractivity contribution in [2.45, 2.75) is 71.8 Å². The summed E-state index contributed by atoms with van der Waals surface area (Å²) in [4.78, 5) is 0. The molecule has 24 heavy (non-hydrogen) atoms. The van der Waals surface area contributed by atoms with Crippen LogP contribution in [-0.4, -0.2) is 22.1 Å². The molecule has 3 unspecified atom stereocenters. The molecule has 132 valence electrons. The van der Waals surface area contributed by atoms with Gasteiger partial charge >= 0.3 is 0 Å². The van der Waals surface area contributed by atoms with Gasteiger partial charge in [0.1, 0.15) is 0 Å². The van der Waals surface area contributed by atoms with E-state index in [1.807, 2.05) is 6.92 Å². The summed E-state index contributed by atoms with van der Waals surface area (Å²) in [6.45, 7) is 6.80. The maximum absolute atomic E-state index is 10.1. The largest absolute Gasteiger partial charge is 0.411 e. The van der Waals surface area contributed by atoms with Crippen molar-refractivity contribution in [3.05, 3.63) is 23.3 Å². The van der Waals surface area contributed by atoms with Crippen molar-refractivity contribution in [3.8, 4) is 0 Å². The molecule has 0 heterocycles. The van der Waals surface area contributed by atoms with Gasteiger partial charge in [-0.1, -0.05) is 36.7 Å². The third-order valence-electron chi connectivity index (χ3n) is 8.20. The molecule has 2 N–H and O–H groups in total. The van der Waals surface area contributed by atoms with E-state index in [2.05, 4.69) is 31.2 Å². The zero-order valence-electron chi connectivity index (χ0n) is 15.3. The van der Waals surface area contributed by atoms with E-state index < -0.39 is 0 Å². The lowest BCUT2D eigenvalue weighted by atomic mass is 9.47. The van der Waals surface area contributed by atoms with Gasteiger partial charge in [-0.3, -0.25) is 0 Å². The monoisotopic (exact) mass is 329 g/mol. The fraction of sp³-hybridized carbons (Fsp3) is 0.762. The van der Waals surface area contributed by atoms with Gasteiger partial charge in [-0.2, -0.15) is 0 Å². The SMILES string of the molecule is C/C(=N/O)C1=CCC2C3CC=C4C[C@@H](O)CC[C@]4(C)C3CC[C@]12C.